The van der Waals surface area contributed by atoms with Crippen molar-refractivity contribution in [3.8, 4) is 0 Å². The number of amides is 2. The molecule has 6 nitrogen and oxygen atoms in total. The minimum Gasteiger partial charge on any atom is -0.445 e. The maximum atomic E-state index is 13.0. The largest absolute Gasteiger partial charge is 0.445 e. The normalized spacial score (nSPS) is 20.5. The molecule has 2 amide bonds. The summed E-state index contributed by atoms with van der Waals surface area (Å²) in [6, 6.07) is 24.5. The number of hydrogen-bond acceptors (Lipinski definition) is 4. The molecule has 2 bridgehead atoms. The molecule has 1 unspecified atom stereocenters. The first-order chi connectivity index (χ1) is 18.1. The highest BCUT2D eigenvalue weighted by molar-refractivity contribution is 5.94. The summed E-state index contributed by atoms with van der Waals surface area (Å²) in [4.78, 5) is 32.2. The van der Waals surface area contributed by atoms with E-state index in [0.29, 0.717) is 25.6 Å². The van der Waals surface area contributed by atoms with Gasteiger partial charge in [0.25, 0.3) is 5.91 Å². The Kier molecular flexibility index (Phi) is 6.33. The highest BCUT2D eigenvalue weighted by Gasteiger charge is 2.41. The van der Waals surface area contributed by atoms with Gasteiger partial charge in [-0.3, -0.25) is 4.79 Å². The Balaban J connectivity index is 1.12. The first kappa shape index (κ1) is 23.6. The average molecular weight is 496 g/mol. The van der Waals surface area contributed by atoms with E-state index in [1.54, 1.807) is 0 Å². The SMILES string of the molecule is Cc1ccc(C(=O)N2CCN(c3ccc4c(c3)C3C[C@H]4CCN3C(=O)OCc3ccccc3)CC2)cc1. The zero-order valence-corrected chi connectivity index (χ0v) is 21.3. The van der Waals surface area contributed by atoms with Crippen LogP contribution in [0.1, 0.15) is 57.4 Å². The third-order valence-corrected chi connectivity index (χ3v) is 8.14. The number of fused-ring (bicyclic) bond motifs is 5. The molecule has 2 saturated heterocycles. The lowest BCUT2D eigenvalue weighted by Crippen LogP contribution is -2.48. The van der Waals surface area contributed by atoms with Crippen molar-refractivity contribution in [2.45, 2.75) is 38.3 Å². The molecule has 190 valence electrons. The number of anilines is 1. The van der Waals surface area contributed by atoms with E-state index in [4.69, 9.17) is 4.74 Å². The van der Waals surface area contributed by atoms with Gasteiger partial charge in [-0.15, -0.1) is 0 Å². The van der Waals surface area contributed by atoms with E-state index >= 15 is 0 Å². The second-order valence-corrected chi connectivity index (χ2v) is 10.4. The number of piperazine rings is 1. The molecular formula is C31H33N3O3. The van der Waals surface area contributed by atoms with Crippen LogP contribution in [0.4, 0.5) is 10.5 Å². The van der Waals surface area contributed by atoms with Crippen LogP contribution in [0.3, 0.4) is 0 Å². The summed E-state index contributed by atoms with van der Waals surface area (Å²) >= 11 is 0. The Morgan fingerprint density at radius 3 is 2.38 bits per heavy atom. The van der Waals surface area contributed by atoms with Crippen molar-refractivity contribution in [1.82, 2.24) is 9.80 Å². The molecule has 0 N–H and O–H groups in total. The summed E-state index contributed by atoms with van der Waals surface area (Å²) in [5.41, 5.74) is 6.72. The van der Waals surface area contributed by atoms with Crippen LogP contribution in [0.5, 0.6) is 0 Å². The number of aryl methyl sites for hydroxylation is 1. The summed E-state index contributed by atoms with van der Waals surface area (Å²) in [7, 11) is 0. The molecular weight excluding hydrogens is 462 g/mol. The van der Waals surface area contributed by atoms with Gasteiger partial charge in [-0.2, -0.15) is 0 Å². The standard InChI is InChI=1S/C31H33N3O3/c1-22-7-9-24(10-8-22)30(35)33-17-15-32(16-18-33)26-11-12-27-25-13-14-34(29(19-25)28(27)20-26)31(36)37-21-23-5-3-2-4-6-23/h2-12,20,25,29H,13-19,21H2,1H3/t25-,29?/m1/s1. The molecule has 1 aliphatic carbocycles. The molecule has 3 aromatic carbocycles. The number of benzene rings is 3. The molecule has 0 saturated carbocycles. The average Bonchev–Trinajstić information content (AvgIpc) is 3.23. The fourth-order valence-electron chi connectivity index (χ4n) is 6.03. The highest BCUT2D eigenvalue weighted by Crippen LogP contribution is 2.50. The summed E-state index contributed by atoms with van der Waals surface area (Å²) in [5, 5.41) is 0. The van der Waals surface area contributed by atoms with Crippen LogP contribution >= 0.6 is 0 Å². The highest BCUT2D eigenvalue weighted by atomic mass is 16.6. The van der Waals surface area contributed by atoms with Crippen molar-refractivity contribution in [3.63, 3.8) is 0 Å². The smallest absolute Gasteiger partial charge is 0.410 e. The third-order valence-electron chi connectivity index (χ3n) is 8.14. The lowest BCUT2D eigenvalue weighted by atomic mass is 9.96. The van der Waals surface area contributed by atoms with Gasteiger partial charge in [0.05, 0.1) is 6.04 Å². The maximum absolute atomic E-state index is 13.0. The molecule has 2 atom stereocenters. The van der Waals surface area contributed by atoms with Crippen molar-refractivity contribution < 1.29 is 14.3 Å². The molecule has 2 heterocycles. The summed E-state index contributed by atoms with van der Waals surface area (Å²) in [5.74, 6) is 0.614. The summed E-state index contributed by atoms with van der Waals surface area (Å²) in [6.07, 6.45) is 1.72. The lowest BCUT2D eigenvalue weighted by molar-refractivity contribution is 0.0694. The zero-order valence-electron chi connectivity index (χ0n) is 21.3. The van der Waals surface area contributed by atoms with Crippen molar-refractivity contribution in [2.24, 2.45) is 0 Å². The number of carbonyl (C=O) groups excluding carboxylic acids is 2. The minimum atomic E-state index is -0.228. The van der Waals surface area contributed by atoms with Crippen LogP contribution in [0.25, 0.3) is 0 Å². The van der Waals surface area contributed by atoms with Crippen molar-refractivity contribution in [3.05, 3.63) is 101 Å². The van der Waals surface area contributed by atoms with Gasteiger partial charge >= 0.3 is 6.09 Å². The fourth-order valence-corrected chi connectivity index (χ4v) is 6.03. The van der Waals surface area contributed by atoms with Gasteiger partial charge in [0.15, 0.2) is 0 Å². The molecule has 6 heteroatoms. The van der Waals surface area contributed by atoms with Crippen LogP contribution in [0.2, 0.25) is 0 Å². The second-order valence-electron chi connectivity index (χ2n) is 10.4. The Labute approximate surface area is 218 Å². The van der Waals surface area contributed by atoms with Gasteiger partial charge in [0.2, 0.25) is 0 Å². The van der Waals surface area contributed by atoms with Gasteiger partial charge in [0.1, 0.15) is 6.61 Å². The molecule has 0 aromatic heterocycles. The topological polar surface area (TPSA) is 53.1 Å². The quantitative estimate of drug-likeness (QED) is 0.478. The maximum Gasteiger partial charge on any atom is 0.410 e. The van der Waals surface area contributed by atoms with E-state index in [1.165, 1.54) is 16.8 Å². The summed E-state index contributed by atoms with van der Waals surface area (Å²) < 4.78 is 5.70. The Morgan fingerprint density at radius 2 is 1.62 bits per heavy atom. The molecule has 6 rings (SSSR count). The van der Waals surface area contributed by atoms with E-state index in [-0.39, 0.29) is 18.0 Å². The molecule has 3 aromatic rings. The lowest BCUT2D eigenvalue weighted by Gasteiger charge is -2.36. The van der Waals surface area contributed by atoms with E-state index in [0.717, 1.165) is 49.2 Å². The van der Waals surface area contributed by atoms with Crippen LogP contribution in [0, 0.1) is 6.92 Å². The number of carbonyl (C=O) groups is 2. The molecule has 37 heavy (non-hydrogen) atoms. The first-order valence-corrected chi connectivity index (χ1v) is 13.3. The van der Waals surface area contributed by atoms with E-state index < -0.39 is 0 Å². The van der Waals surface area contributed by atoms with Crippen molar-refractivity contribution in [1.29, 1.82) is 0 Å². The van der Waals surface area contributed by atoms with Crippen LogP contribution in [-0.2, 0) is 11.3 Å². The van der Waals surface area contributed by atoms with Crippen LogP contribution in [0.15, 0.2) is 72.8 Å². The number of hydrogen-bond donors (Lipinski definition) is 0. The van der Waals surface area contributed by atoms with Gasteiger partial charge in [0, 0.05) is 44.0 Å². The Morgan fingerprint density at radius 1 is 0.865 bits per heavy atom. The number of rotatable bonds is 4. The predicted molar refractivity (Wildman–Crippen MR) is 144 cm³/mol. The number of ether oxygens (including phenoxy) is 1. The predicted octanol–water partition coefficient (Wildman–Crippen LogP) is 5.53. The van der Waals surface area contributed by atoms with Crippen LogP contribution in [-0.4, -0.2) is 54.5 Å². The van der Waals surface area contributed by atoms with Gasteiger partial charge in [-0.25, -0.2) is 4.79 Å². The second kappa shape index (κ2) is 9.92. The molecule has 2 aliphatic heterocycles. The van der Waals surface area contributed by atoms with E-state index in [2.05, 4.69) is 23.1 Å². The number of piperidine rings is 1. The van der Waals surface area contributed by atoms with Gasteiger partial charge in [-0.05, 0) is 66.6 Å². The zero-order chi connectivity index (χ0) is 25.4. The van der Waals surface area contributed by atoms with Gasteiger partial charge in [-0.1, -0.05) is 54.1 Å². The van der Waals surface area contributed by atoms with Crippen molar-refractivity contribution >= 4 is 17.7 Å². The Hall–Kier alpha value is -3.80. The van der Waals surface area contributed by atoms with E-state index in [1.807, 2.05) is 71.3 Å². The molecule has 3 aliphatic rings. The molecule has 0 spiro atoms. The van der Waals surface area contributed by atoms with Crippen LogP contribution < -0.4 is 4.90 Å². The monoisotopic (exact) mass is 495 g/mol. The third kappa shape index (κ3) is 4.68. The number of likely N-dealkylation sites (tertiary alicyclic amines) is 1. The minimum absolute atomic E-state index is 0.0707. The molecule has 2 fully saturated rings. The van der Waals surface area contributed by atoms with Crippen molar-refractivity contribution in [2.75, 3.05) is 37.6 Å². The Bertz CT molecular complexity index is 1280. The fraction of sp³-hybridized carbons (Fsp3) is 0.355. The first-order valence-electron chi connectivity index (χ1n) is 13.3. The molecule has 0 radical (unpaired) electrons. The number of nitrogens with zero attached hydrogens (tertiary/aromatic N) is 3. The van der Waals surface area contributed by atoms with E-state index in [9.17, 15) is 9.59 Å². The van der Waals surface area contributed by atoms with Gasteiger partial charge < -0.3 is 19.4 Å². The summed E-state index contributed by atoms with van der Waals surface area (Å²) in [6.45, 7) is 6.06.